The fraction of sp³-hybridized carbons (Fsp3) is 0.500. The maximum absolute atomic E-state index is 12.9. The third-order valence-electron chi connectivity index (χ3n) is 4.07. The summed E-state index contributed by atoms with van der Waals surface area (Å²) in [5, 5.41) is 0. The van der Waals surface area contributed by atoms with Crippen molar-refractivity contribution >= 4 is 12.0 Å². The zero-order valence-corrected chi connectivity index (χ0v) is 10.7. The van der Waals surface area contributed by atoms with Crippen molar-refractivity contribution in [2.45, 2.75) is 6.18 Å². The first-order valence-electron chi connectivity index (χ1n) is 6.48. The van der Waals surface area contributed by atoms with E-state index < -0.39 is 11.7 Å². The van der Waals surface area contributed by atoms with E-state index in [4.69, 9.17) is 4.74 Å². The highest BCUT2D eigenvalue weighted by molar-refractivity contribution is 5.79. The van der Waals surface area contributed by atoms with Crippen molar-refractivity contribution in [3.63, 3.8) is 0 Å². The van der Waals surface area contributed by atoms with E-state index in [0.29, 0.717) is 43.8 Å². The number of anilines is 1. The van der Waals surface area contributed by atoms with Crippen LogP contribution in [0.1, 0.15) is 15.9 Å². The molecule has 2 saturated heterocycles. The molecule has 0 bridgehead atoms. The third-order valence-corrected chi connectivity index (χ3v) is 4.07. The summed E-state index contributed by atoms with van der Waals surface area (Å²) >= 11 is 0. The predicted octanol–water partition coefficient (Wildman–Crippen LogP) is 2.60. The van der Waals surface area contributed by atoms with Gasteiger partial charge in [0.2, 0.25) is 0 Å². The number of hydrogen-bond donors (Lipinski definition) is 0. The fourth-order valence-corrected chi connectivity index (χ4v) is 2.99. The van der Waals surface area contributed by atoms with Gasteiger partial charge in [-0.1, -0.05) is 0 Å². The van der Waals surface area contributed by atoms with Gasteiger partial charge in [0.25, 0.3) is 0 Å². The number of carbonyl (C=O) groups excluding carboxylic acids is 1. The molecule has 0 radical (unpaired) electrons. The van der Waals surface area contributed by atoms with Crippen LogP contribution in [0.15, 0.2) is 18.2 Å². The fourth-order valence-electron chi connectivity index (χ4n) is 2.99. The van der Waals surface area contributed by atoms with Crippen LogP contribution in [0.2, 0.25) is 0 Å². The number of carbonyl (C=O) groups is 1. The van der Waals surface area contributed by atoms with Crippen LogP contribution in [0.25, 0.3) is 0 Å². The van der Waals surface area contributed by atoms with Gasteiger partial charge in [0.05, 0.1) is 18.8 Å². The lowest BCUT2D eigenvalue weighted by molar-refractivity contribution is -0.137. The highest BCUT2D eigenvalue weighted by Gasteiger charge is 2.38. The smallest absolute Gasteiger partial charge is 0.381 e. The molecule has 0 spiro atoms. The van der Waals surface area contributed by atoms with Crippen molar-refractivity contribution in [2.24, 2.45) is 11.8 Å². The van der Waals surface area contributed by atoms with Crippen molar-refractivity contribution in [3.05, 3.63) is 29.3 Å². The molecule has 108 valence electrons. The molecule has 6 heteroatoms. The Labute approximate surface area is 114 Å². The topological polar surface area (TPSA) is 29.5 Å². The lowest BCUT2D eigenvalue weighted by Gasteiger charge is -2.21. The van der Waals surface area contributed by atoms with Crippen LogP contribution in [0.4, 0.5) is 18.9 Å². The molecular formula is C14H14F3NO2. The van der Waals surface area contributed by atoms with Gasteiger partial charge in [-0.25, -0.2) is 0 Å². The SMILES string of the molecule is O=Cc1ccc(N2CC3COCC3C2)cc1C(F)(F)F. The van der Waals surface area contributed by atoms with E-state index in [1.807, 2.05) is 4.90 Å². The van der Waals surface area contributed by atoms with Crippen molar-refractivity contribution in [1.82, 2.24) is 0 Å². The second-order valence-corrected chi connectivity index (χ2v) is 5.35. The molecule has 20 heavy (non-hydrogen) atoms. The average molecular weight is 285 g/mol. The molecule has 3 rings (SSSR count). The van der Waals surface area contributed by atoms with Gasteiger partial charge in [0.15, 0.2) is 6.29 Å². The first-order valence-corrected chi connectivity index (χ1v) is 6.48. The molecule has 2 atom stereocenters. The van der Waals surface area contributed by atoms with Gasteiger partial charge in [0.1, 0.15) is 0 Å². The van der Waals surface area contributed by atoms with Crippen molar-refractivity contribution in [1.29, 1.82) is 0 Å². The number of aldehydes is 1. The zero-order valence-electron chi connectivity index (χ0n) is 10.7. The molecule has 2 aliphatic heterocycles. The van der Waals surface area contributed by atoms with Crippen LogP contribution in [0.3, 0.4) is 0 Å². The largest absolute Gasteiger partial charge is 0.417 e. The molecule has 0 N–H and O–H groups in total. The summed E-state index contributed by atoms with van der Waals surface area (Å²) in [6.07, 6.45) is -4.26. The summed E-state index contributed by atoms with van der Waals surface area (Å²) in [4.78, 5) is 12.7. The number of hydrogen-bond acceptors (Lipinski definition) is 3. The van der Waals surface area contributed by atoms with Crippen molar-refractivity contribution < 1.29 is 22.7 Å². The van der Waals surface area contributed by atoms with Gasteiger partial charge in [-0.15, -0.1) is 0 Å². The Kier molecular flexibility index (Phi) is 3.20. The van der Waals surface area contributed by atoms with Crippen molar-refractivity contribution in [3.8, 4) is 0 Å². The summed E-state index contributed by atoms with van der Waals surface area (Å²) in [6.45, 7) is 2.78. The summed E-state index contributed by atoms with van der Waals surface area (Å²) in [6, 6.07) is 3.91. The second kappa shape index (κ2) is 4.77. The van der Waals surface area contributed by atoms with Crippen LogP contribution in [-0.2, 0) is 10.9 Å². The quantitative estimate of drug-likeness (QED) is 0.782. The van der Waals surface area contributed by atoms with Crippen LogP contribution in [-0.4, -0.2) is 32.6 Å². The molecule has 0 amide bonds. The lowest BCUT2D eigenvalue weighted by Crippen LogP contribution is -2.23. The molecule has 2 aliphatic rings. The second-order valence-electron chi connectivity index (χ2n) is 5.35. The van der Waals surface area contributed by atoms with E-state index in [0.717, 1.165) is 6.07 Å². The van der Waals surface area contributed by atoms with E-state index in [2.05, 4.69) is 0 Å². The number of alkyl halides is 3. The van der Waals surface area contributed by atoms with Gasteiger partial charge in [0, 0.05) is 36.2 Å². The lowest BCUT2D eigenvalue weighted by atomic mass is 10.0. The minimum atomic E-state index is -4.51. The Morgan fingerprint density at radius 1 is 1.20 bits per heavy atom. The zero-order chi connectivity index (χ0) is 14.3. The molecule has 2 fully saturated rings. The minimum absolute atomic E-state index is 0.249. The van der Waals surface area contributed by atoms with Crippen LogP contribution < -0.4 is 4.90 Å². The Balaban J connectivity index is 1.89. The molecule has 1 aromatic carbocycles. The Morgan fingerprint density at radius 3 is 2.40 bits per heavy atom. The Hall–Kier alpha value is -1.56. The normalized spacial score (nSPS) is 25.9. The van der Waals surface area contributed by atoms with Gasteiger partial charge < -0.3 is 9.64 Å². The molecule has 2 heterocycles. The number of nitrogens with zero attached hydrogens (tertiary/aromatic N) is 1. The van der Waals surface area contributed by atoms with Crippen LogP contribution in [0.5, 0.6) is 0 Å². The number of benzene rings is 1. The van der Waals surface area contributed by atoms with E-state index in [1.165, 1.54) is 6.07 Å². The number of ether oxygens (including phenoxy) is 1. The first-order chi connectivity index (χ1) is 9.49. The summed E-state index contributed by atoms with van der Waals surface area (Å²) < 4.78 is 44.2. The van der Waals surface area contributed by atoms with Gasteiger partial charge >= 0.3 is 6.18 Å². The Morgan fingerprint density at radius 2 is 1.85 bits per heavy atom. The molecule has 1 aromatic rings. The van der Waals surface area contributed by atoms with Gasteiger partial charge in [-0.05, 0) is 18.2 Å². The number of rotatable bonds is 2. The highest BCUT2D eigenvalue weighted by atomic mass is 19.4. The first kappa shape index (κ1) is 13.4. The van der Waals surface area contributed by atoms with Crippen molar-refractivity contribution in [2.75, 3.05) is 31.2 Å². The maximum atomic E-state index is 12.9. The molecule has 2 unspecified atom stereocenters. The minimum Gasteiger partial charge on any atom is -0.381 e. The van der Waals surface area contributed by atoms with E-state index >= 15 is 0 Å². The summed E-state index contributed by atoms with van der Waals surface area (Å²) in [7, 11) is 0. The van der Waals surface area contributed by atoms with Gasteiger partial charge in [-0.3, -0.25) is 4.79 Å². The molecule has 3 nitrogen and oxygen atoms in total. The predicted molar refractivity (Wildman–Crippen MR) is 66.8 cm³/mol. The molecule has 0 saturated carbocycles. The molecular weight excluding hydrogens is 271 g/mol. The number of fused-ring (bicyclic) bond motifs is 1. The standard InChI is InChI=1S/C14H14F3NO2/c15-14(16,17)13-3-12(2-1-9(13)6-19)18-4-10-7-20-8-11(10)5-18/h1-3,6,10-11H,4-5,7-8H2. The average Bonchev–Trinajstić information content (AvgIpc) is 2.97. The Bertz CT molecular complexity index is 518. The maximum Gasteiger partial charge on any atom is 0.417 e. The van der Waals surface area contributed by atoms with Crippen LogP contribution in [0, 0.1) is 11.8 Å². The van der Waals surface area contributed by atoms with Gasteiger partial charge in [-0.2, -0.15) is 13.2 Å². The van der Waals surface area contributed by atoms with E-state index in [9.17, 15) is 18.0 Å². The van der Waals surface area contributed by atoms with E-state index in [1.54, 1.807) is 6.07 Å². The highest BCUT2D eigenvalue weighted by Crippen LogP contribution is 2.37. The molecule has 0 aliphatic carbocycles. The summed E-state index contributed by atoms with van der Waals surface area (Å²) in [5.74, 6) is 0.796. The number of halogens is 3. The third kappa shape index (κ3) is 2.28. The van der Waals surface area contributed by atoms with E-state index in [-0.39, 0.29) is 11.8 Å². The monoisotopic (exact) mass is 285 g/mol. The van der Waals surface area contributed by atoms with Crippen LogP contribution >= 0.6 is 0 Å². The summed E-state index contributed by atoms with van der Waals surface area (Å²) in [5.41, 5.74) is -0.653. The molecule has 0 aromatic heterocycles.